The Morgan fingerprint density at radius 1 is 0.955 bits per heavy atom. The first-order valence-corrected chi connectivity index (χ1v) is 9.16. The van der Waals surface area contributed by atoms with Crippen LogP contribution < -0.4 is 10.6 Å². The second kappa shape index (κ2) is 6.59. The van der Waals surface area contributed by atoms with E-state index in [1.54, 1.807) is 0 Å². The van der Waals surface area contributed by atoms with Gasteiger partial charge in [-0.25, -0.2) is 0 Å². The summed E-state index contributed by atoms with van der Waals surface area (Å²) in [6.45, 7) is 3.01. The van der Waals surface area contributed by atoms with Gasteiger partial charge in [0.15, 0.2) is 0 Å². The summed E-state index contributed by atoms with van der Waals surface area (Å²) in [5.74, 6) is 2.39. The second-order valence-electron chi connectivity index (χ2n) is 7.94. The van der Waals surface area contributed by atoms with Gasteiger partial charge in [-0.05, 0) is 62.7 Å². The van der Waals surface area contributed by atoms with Crippen LogP contribution in [0, 0.1) is 23.2 Å². The quantitative estimate of drug-likeness (QED) is 0.710. The van der Waals surface area contributed by atoms with Crippen LogP contribution >= 0.6 is 0 Å². The van der Waals surface area contributed by atoms with Crippen molar-refractivity contribution in [1.29, 1.82) is 0 Å². The zero-order valence-electron chi connectivity index (χ0n) is 13.8. The van der Waals surface area contributed by atoms with E-state index in [2.05, 4.69) is 17.6 Å². The molecule has 2 N–H and O–H groups in total. The van der Waals surface area contributed by atoms with E-state index in [1.807, 2.05) is 0 Å². The molecule has 4 bridgehead atoms. The van der Waals surface area contributed by atoms with Gasteiger partial charge in [-0.1, -0.05) is 19.8 Å². The standard InChI is InChI=1S/C18H30N2O2/c1-2-3-4-5-19-16(21)12-20-17(22)18-9-13-6-14(10-18)8-15(7-13)11-18/h13-15H,2-12H2,1H3,(H,19,21)(H,20,22). The summed E-state index contributed by atoms with van der Waals surface area (Å²) < 4.78 is 0. The maximum Gasteiger partial charge on any atom is 0.239 e. The van der Waals surface area contributed by atoms with Crippen LogP contribution in [-0.2, 0) is 9.59 Å². The topological polar surface area (TPSA) is 58.2 Å². The Kier molecular flexibility index (Phi) is 4.74. The molecule has 0 atom stereocenters. The average Bonchev–Trinajstić information content (AvgIpc) is 2.48. The fraction of sp³-hybridized carbons (Fsp3) is 0.889. The van der Waals surface area contributed by atoms with Crippen LogP contribution in [0.5, 0.6) is 0 Å². The summed E-state index contributed by atoms with van der Waals surface area (Å²) in [5.41, 5.74) is -0.142. The van der Waals surface area contributed by atoms with Crippen LogP contribution in [0.3, 0.4) is 0 Å². The predicted molar refractivity (Wildman–Crippen MR) is 86.1 cm³/mol. The first-order chi connectivity index (χ1) is 10.6. The minimum atomic E-state index is -0.142. The van der Waals surface area contributed by atoms with Gasteiger partial charge in [0.05, 0.1) is 6.54 Å². The van der Waals surface area contributed by atoms with Crippen molar-refractivity contribution < 1.29 is 9.59 Å². The molecule has 0 unspecified atom stereocenters. The molecule has 0 aromatic heterocycles. The van der Waals surface area contributed by atoms with Crippen molar-refractivity contribution in [3.8, 4) is 0 Å². The van der Waals surface area contributed by atoms with Crippen LogP contribution in [0.1, 0.15) is 64.7 Å². The molecule has 4 saturated carbocycles. The maximum absolute atomic E-state index is 12.7. The number of carbonyl (C=O) groups is 2. The number of hydrogen-bond donors (Lipinski definition) is 2. The van der Waals surface area contributed by atoms with Crippen LogP contribution in [0.15, 0.2) is 0 Å². The van der Waals surface area contributed by atoms with Crippen LogP contribution in [-0.4, -0.2) is 24.9 Å². The molecule has 4 aliphatic rings. The Morgan fingerprint density at radius 3 is 2.09 bits per heavy atom. The second-order valence-corrected chi connectivity index (χ2v) is 7.94. The molecular formula is C18H30N2O2. The lowest BCUT2D eigenvalue weighted by Crippen LogP contribution is -2.54. The molecule has 0 heterocycles. The molecule has 0 radical (unpaired) electrons. The highest BCUT2D eigenvalue weighted by Gasteiger charge is 2.54. The highest BCUT2D eigenvalue weighted by molar-refractivity contribution is 5.88. The predicted octanol–water partition coefficient (Wildman–Crippen LogP) is 2.63. The van der Waals surface area contributed by atoms with E-state index in [4.69, 9.17) is 0 Å². The van der Waals surface area contributed by atoms with Gasteiger partial charge >= 0.3 is 0 Å². The van der Waals surface area contributed by atoms with Crippen LogP contribution in [0.2, 0.25) is 0 Å². The third-order valence-electron chi connectivity index (χ3n) is 6.03. The average molecular weight is 306 g/mol. The van der Waals surface area contributed by atoms with Gasteiger partial charge in [-0.3, -0.25) is 9.59 Å². The van der Waals surface area contributed by atoms with Crippen molar-refractivity contribution in [1.82, 2.24) is 10.6 Å². The highest BCUT2D eigenvalue weighted by atomic mass is 16.2. The van der Waals surface area contributed by atoms with Crippen molar-refractivity contribution in [3.05, 3.63) is 0 Å². The molecule has 0 aromatic rings. The number of hydrogen-bond acceptors (Lipinski definition) is 2. The fourth-order valence-corrected chi connectivity index (χ4v) is 5.40. The molecule has 0 aliphatic heterocycles. The molecule has 22 heavy (non-hydrogen) atoms. The normalized spacial score (nSPS) is 35.4. The van der Waals surface area contributed by atoms with Crippen LogP contribution in [0.25, 0.3) is 0 Å². The molecule has 4 rings (SSSR count). The molecular weight excluding hydrogens is 276 g/mol. The Labute approximate surface area is 133 Å². The van der Waals surface area contributed by atoms with Crippen molar-refractivity contribution in [3.63, 3.8) is 0 Å². The van der Waals surface area contributed by atoms with E-state index in [0.717, 1.165) is 62.8 Å². The molecule has 4 heteroatoms. The Hall–Kier alpha value is -1.06. The van der Waals surface area contributed by atoms with E-state index in [1.165, 1.54) is 19.3 Å². The minimum Gasteiger partial charge on any atom is -0.355 e. The monoisotopic (exact) mass is 306 g/mol. The minimum absolute atomic E-state index is 0.0471. The third-order valence-corrected chi connectivity index (χ3v) is 6.03. The molecule has 4 aliphatic carbocycles. The number of amides is 2. The zero-order valence-corrected chi connectivity index (χ0v) is 13.8. The third kappa shape index (κ3) is 3.31. The van der Waals surface area contributed by atoms with E-state index in [-0.39, 0.29) is 23.8 Å². The number of nitrogens with one attached hydrogen (secondary N) is 2. The maximum atomic E-state index is 12.7. The van der Waals surface area contributed by atoms with Crippen molar-refractivity contribution in [2.45, 2.75) is 64.7 Å². The summed E-state index contributed by atoms with van der Waals surface area (Å²) in [7, 11) is 0. The number of carbonyl (C=O) groups excluding carboxylic acids is 2. The summed E-state index contributed by atoms with van der Waals surface area (Å²) in [5, 5.41) is 5.82. The van der Waals surface area contributed by atoms with Crippen molar-refractivity contribution in [2.75, 3.05) is 13.1 Å². The van der Waals surface area contributed by atoms with E-state index < -0.39 is 0 Å². The van der Waals surface area contributed by atoms with Crippen molar-refractivity contribution >= 4 is 11.8 Å². The summed E-state index contributed by atoms with van der Waals surface area (Å²) in [6, 6.07) is 0. The molecule has 4 nitrogen and oxygen atoms in total. The lowest BCUT2D eigenvalue weighted by atomic mass is 9.49. The van der Waals surface area contributed by atoms with Gasteiger partial charge in [0.1, 0.15) is 0 Å². The number of unbranched alkanes of at least 4 members (excludes halogenated alkanes) is 2. The fourth-order valence-electron chi connectivity index (χ4n) is 5.40. The molecule has 0 spiro atoms. The smallest absolute Gasteiger partial charge is 0.239 e. The molecule has 124 valence electrons. The van der Waals surface area contributed by atoms with E-state index in [0.29, 0.717) is 0 Å². The summed E-state index contributed by atoms with van der Waals surface area (Å²) >= 11 is 0. The molecule has 0 aromatic carbocycles. The van der Waals surface area contributed by atoms with Gasteiger partial charge in [0.25, 0.3) is 0 Å². The van der Waals surface area contributed by atoms with E-state index >= 15 is 0 Å². The molecule has 4 fully saturated rings. The largest absolute Gasteiger partial charge is 0.355 e. The van der Waals surface area contributed by atoms with Gasteiger partial charge in [0, 0.05) is 12.0 Å². The lowest BCUT2D eigenvalue weighted by Gasteiger charge is -2.55. The van der Waals surface area contributed by atoms with Gasteiger partial charge in [0.2, 0.25) is 11.8 Å². The molecule has 2 amide bonds. The van der Waals surface area contributed by atoms with E-state index in [9.17, 15) is 9.59 Å². The number of rotatable bonds is 7. The molecule has 0 saturated heterocycles. The Balaban J connectivity index is 1.45. The first kappa shape index (κ1) is 15.8. The Morgan fingerprint density at radius 2 is 1.55 bits per heavy atom. The van der Waals surface area contributed by atoms with Crippen LogP contribution in [0.4, 0.5) is 0 Å². The summed E-state index contributed by atoms with van der Waals surface area (Å²) in [4.78, 5) is 24.5. The highest BCUT2D eigenvalue weighted by Crippen LogP contribution is 2.60. The zero-order chi connectivity index (χ0) is 15.6. The Bertz CT molecular complexity index is 398. The van der Waals surface area contributed by atoms with Gasteiger partial charge < -0.3 is 10.6 Å². The van der Waals surface area contributed by atoms with Crippen molar-refractivity contribution in [2.24, 2.45) is 23.2 Å². The first-order valence-electron chi connectivity index (χ1n) is 9.16. The van der Waals surface area contributed by atoms with Gasteiger partial charge in [-0.15, -0.1) is 0 Å². The SMILES string of the molecule is CCCCCNC(=O)CNC(=O)C12CC3CC(CC(C3)C1)C2. The lowest BCUT2D eigenvalue weighted by molar-refractivity contribution is -0.147. The summed E-state index contributed by atoms with van der Waals surface area (Å²) in [6.07, 6.45) is 10.5. The van der Waals surface area contributed by atoms with Gasteiger partial charge in [-0.2, -0.15) is 0 Å².